The van der Waals surface area contributed by atoms with E-state index in [1.807, 2.05) is 0 Å². The third-order valence-corrected chi connectivity index (χ3v) is 5.79. The van der Waals surface area contributed by atoms with Gasteiger partial charge in [0.05, 0.1) is 0 Å². The maximum absolute atomic E-state index is 6.27. The van der Waals surface area contributed by atoms with Crippen molar-refractivity contribution < 1.29 is 0 Å². The van der Waals surface area contributed by atoms with E-state index in [-0.39, 0.29) is 0 Å². The van der Waals surface area contributed by atoms with Crippen LogP contribution in [0.5, 0.6) is 0 Å². The molecule has 0 aromatic carbocycles. The smallest absolute Gasteiger partial charge is 0.0360 e. The predicted molar refractivity (Wildman–Crippen MR) is 78.5 cm³/mol. The quantitative estimate of drug-likeness (QED) is 0.817. The molecule has 5 unspecified atom stereocenters. The molecule has 1 aliphatic heterocycles. The fraction of sp³-hybridized carbons (Fsp3) is 1.00. The number of nitrogens with two attached hydrogens (primary N) is 1. The fourth-order valence-electron chi connectivity index (χ4n) is 4.44. The zero-order valence-corrected chi connectivity index (χ0v) is 12.8. The maximum atomic E-state index is 6.27. The molecule has 1 saturated carbocycles. The first-order valence-electron chi connectivity index (χ1n) is 7.96. The van der Waals surface area contributed by atoms with Crippen LogP contribution in [0.4, 0.5) is 0 Å². The van der Waals surface area contributed by atoms with Crippen LogP contribution in [0.1, 0.15) is 59.8 Å². The Morgan fingerprint density at radius 1 is 1.06 bits per heavy atom. The van der Waals surface area contributed by atoms with Crippen molar-refractivity contribution in [3.63, 3.8) is 0 Å². The molecule has 106 valence electrons. The molecule has 0 radical (unpaired) electrons. The molecule has 0 aromatic rings. The fourth-order valence-corrected chi connectivity index (χ4v) is 4.44. The second kappa shape index (κ2) is 5.50. The van der Waals surface area contributed by atoms with E-state index in [2.05, 4.69) is 32.6 Å². The van der Waals surface area contributed by atoms with E-state index < -0.39 is 0 Å². The van der Waals surface area contributed by atoms with Gasteiger partial charge in [-0.05, 0) is 56.8 Å². The predicted octanol–water partition coefficient (Wildman–Crippen LogP) is 3.26. The normalized spacial score (nSPS) is 47.2. The van der Waals surface area contributed by atoms with Gasteiger partial charge in [0.25, 0.3) is 0 Å². The summed E-state index contributed by atoms with van der Waals surface area (Å²) in [5, 5.41) is 0. The summed E-state index contributed by atoms with van der Waals surface area (Å²) in [7, 11) is 0. The van der Waals surface area contributed by atoms with Gasteiger partial charge in [0, 0.05) is 24.7 Å². The van der Waals surface area contributed by atoms with E-state index in [4.69, 9.17) is 5.73 Å². The van der Waals surface area contributed by atoms with Crippen LogP contribution in [0.25, 0.3) is 0 Å². The van der Waals surface area contributed by atoms with Gasteiger partial charge in [-0.25, -0.2) is 0 Å². The molecule has 0 bridgehead atoms. The van der Waals surface area contributed by atoms with Crippen molar-refractivity contribution in [3.05, 3.63) is 0 Å². The van der Waals surface area contributed by atoms with Crippen molar-refractivity contribution in [3.8, 4) is 0 Å². The van der Waals surface area contributed by atoms with E-state index in [1.165, 1.54) is 38.6 Å². The van der Waals surface area contributed by atoms with Crippen LogP contribution in [-0.2, 0) is 0 Å². The highest BCUT2D eigenvalue weighted by Crippen LogP contribution is 2.43. The van der Waals surface area contributed by atoms with Gasteiger partial charge in [-0.2, -0.15) is 0 Å². The van der Waals surface area contributed by atoms with Crippen LogP contribution >= 0.6 is 0 Å². The monoisotopic (exact) mass is 252 g/mol. The van der Waals surface area contributed by atoms with E-state index >= 15 is 0 Å². The summed E-state index contributed by atoms with van der Waals surface area (Å²) in [6.07, 6.45) is 6.77. The minimum atomic E-state index is 0.292. The third-order valence-electron chi connectivity index (χ3n) is 5.79. The van der Waals surface area contributed by atoms with Crippen LogP contribution in [0.15, 0.2) is 0 Å². The molecule has 0 aromatic heterocycles. The van der Waals surface area contributed by atoms with Gasteiger partial charge in [0.1, 0.15) is 0 Å². The van der Waals surface area contributed by atoms with Crippen LogP contribution in [-0.4, -0.2) is 29.6 Å². The van der Waals surface area contributed by atoms with Crippen LogP contribution in [0, 0.1) is 17.8 Å². The summed E-state index contributed by atoms with van der Waals surface area (Å²) in [4.78, 5) is 2.79. The summed E-state index contributed by atoms with van der Waals surface area (Å²) in [6, 6.07) is 0.723. The summed E-state index contributed by atoms with van der Waals surface area (Å²) in [6.45, 7) is 11.8. The minimum Gasteiger partial charge on any atom is -0.329 e. The van der Waals surface area contributed by atoms with Crippen LogP contribution in [0.3, 0.4) is 0 Å². The topological polar surface area (TPSA) is 29.3 Å². The largest absolute Gasteiger partial charge is 0.329 e. The molecule has 1 aliphatic carbocycles. The number of hydrogen-bond acceptors (Lipinski definition) is 2. The minimum absolute atomic E-state index is 0.292. The molecule has 5 atom stereocenters. The van der Waals surface area contributed by atoms with Gasteiger partial charge in [-0.3, -0.25) is 4.90 Å². The van der Waals surface area contributed by atoms with Crippen LogP contribution in [0.2, 0.25) is 0 Å². The van der Waals surface area contributed by atoms with Gasteiger partial charge >= 0.3 is 0 Å². The average molecular weight is 252 g/mol. The Bertz CT molecular complexity index is 278. The van der Waals surface area contributed by atoms with Gasteiger partial charge in [0.2, 0.25) is 0 Å². The Morgan fingerprint density at radius 3 is 2.39 bits per heavy atom. The zero-order chi connectivity index (χ0) is 13.3. The molecule has 2 N–H and O–H groups in total. The van der Waals surface area contributed by atoms with Gasteiger partial charge in [-0.1, -0.05) is 20.8 Å². The standard InChI is InChI=1S/C16H32N2/c1-12-7-8-16(11-17,14(3)9-12)18-10-13(2)5-6-15(18)4/h12-15H,5-11,17H2,1-4H3. The van der Waals surface area contributed by atoms with Crippen molar-refractivity contribution in [2.24, 2.45) is 23.5 Å². The number of rotatable bonds is 2. The zero-order valence-electron chi connectivity index (χ0n) is 12.8. The van der Waals surface area contributed by atoms with E-state index in [9.17, 15) is 0 Å². The molecule has 2 nitrogen and oxygen atoms in total. The van der Waals surface area contributed by atoms with Gasteiger partial charge in [-0.15, -0.1) is 0 Å². The molecule has 2 rings (SSSR count). The molecular formula is C16H32N2. The lowest BCUT2D eigenvalue weighted by atomic mass is 9.67. The van der Waals surface area contributed by atoms with Gasteiger partial charge in [0.15, 0.2) is 0 Å². The van der Waals surface area contributed by atoms with E-state index in [0.29, 0.717) is 5.54 Å². The van der Waals surface area contributed by atoms with E-state index in [1.54, 1.807) is 0 Å². The molecule has 2 fully saturated rings. The highest BCUT2D eigenvalue weighted by Gasteiger charge is 2.46. The molecule has 2 aliphatic rings. The SMILES string of the molecule is CC1CCC(CN)(N2CC(C)CCC2C)C(C)C1. The third kappa shape index (κ3) is 2.46. The van der Waals surface area contributed by atoms with Crippen molar-refractivity contribution in [2.45, 2.75) is 71.4 Å². The summed E-state index contributed by atoms with van der Waals surface area (Å²) >= 11 is 0. The first kappa shape index (κ1) is 14.3. The average Bonchev–Trinajstić information content (AvgIpc) is 2.34. The number of hydrogen-bond donors (Lipinski definition) is 1. The highest BCUT2D eigenvalue weighted by atomic mass is 15.2. The first-order valence-corrected chi connectivity index (χ1v) is 7.96. The lowest BCUT2D eigenvalue weighted by Gasteiger charge is -2.56. The number of piperidine rings is 1. The van der Waals surface area contributed by atoms with E-state index in [0.717, 1.165) is 30.3 Å². The Hall–Kier alpha value is -0.0800. The summed E-state index contributed by atoms with van der Waals surface area (Å²) < 4.78 is 0. The lowest BCUT2D eigenvalue weighted by molar-refractivity contribution is -0.0514. The van der Waals surface area contributed by atoms with Crippen molar-refractivity contribution >= 4 is 0 Å². The molecule has 2 heteroatoms. The second-order valence-corrected chi connectivity index (χ2v) is 7.27. The summed E-state index contributed by atoms with van der Waals surface area (Å²) in [5.41, 5.74) is 6.56. The second-order valence-electron chi connectivity index (χ2n) is 7.27. The highest BCUT2D eigenvalue weighted by molar-refractivity contribution is 5.02. The lowest BCUT2D eigenvalue weighted by Crippen LogP contribution is -2.64. The van der Waals surface area contributed by atoms with Gasteiger partial charge < -0.3 is 5.73 Å². The van der Waals surface area contributed by atoms with Crippen molar-refractivity contribution in [1.29, 1.82) is 0 Å². The Morgan fingerprint density at radius 2 is 1.78 bits per heavy atom. The molecule has 0 spiro atoms. The van der Waals surface area contributed by atoms with Crippen molar-refractivity contribution in [2.75, 3.05) is 13.1 Å². The molecule has 0 amide bonds. The molecule has 1 heterocycles. The Balaban J connectivity index is 2.19. The Labute approximate surface area is 113 Å². The Kier molecular flexibility index (Phi) is 4.38. The molecule has 18 heavy (non-hydrogen) atoms. The van der Waals surface area contributed by atoms with Crippen LogP contribution < -0.4 is 5.73 Å². The maximum Gasteiger partial charge on any atom is 0.0360 e. The van der Waals surface area contributed by atoms with Crippen molar-refractivity contribution in [1.82, 2.24) is 4.90 Å². The number of nitrogens with zero attached hydrogens (tertiary/aromatic N) is 1. The molecular weight excluding hydrogens is 220 g/mol. The summed E-state index contributed by atoms with van der Waals surface area (Å²) in [5.74, 6) is 2.48. The molecule has 1 saturated heterocycles. The number of likely N-dealkylation sites (tertiary alicyclic amines) is 1. The first-order chi connectivity index (χ1) is 8.49.